The lowest BCUT2D eigenvalue weighted by Gasteiger charge is -2.15. The molecule has 0 amide bonds. The van der Waals surface area contributed by atoms with Crippen LogP contribution in [0.5, 0.6) is 0 Å². The number of aromatic nitrogens is 3. The van der Waals surface area contributed by atoms with Crippen LogP contribution in [0.1, 0.15) is 18.7 Å². The smallest absolute Gasteiger partial charge is 0.230 e. The van der Waals surface area contributed by atoms with E-state index < -0.39 is 0 Å². The van der Waals surface area contributed by atoms with Crippen molar-refractivity contribution in [1.82, 2.24) is 15.0 Å². The molecule has 4 N–H and O–H groups in total. The average molecular weight is 194 g/mol. The van der Waals surface area contributed by atoms with Crippen LogP contribution < -0.4 is 16.4 Å². The maximum absolute atomic E-state index is 5.56. The Morgan fingerprint density at radius 1 is 1.14 bits per heavy atom. The van der Waals surface area contributed by atoms with Gasteiger partial charge in [0.05, 0.1) is 6.54 Å². The van der Waals surface area contributed by atoms with E-state index in [1.165, 1.54) is 12.8 Å². The Morgan fingerprint density at radius 3 is 2.50 bits per heavy atom. The summed E-state index contributed by atoms with van der Waals surface area (Å²) >= 11 is 0. The standard InChI is InChI=1S/C8H14N6/c9-5-6-11-7(10)13-8(12-6)14-3-1-2-4-14/h1-5,9H2,(H2,10,11,12,13). The summed E-state index contributed by atoms with van der Waals surface area (Å²) in [5.41, 5.74) is 11.0. The van der Waals surface area contributed by atoms with Gasteiger partial charge in [0.15, 0.2) is 0 Å². The molecule has 0 unspecified atom stereocenters. The zero-order valence-electron chi connectivity index (χ0n) is 7.98. The van der Waals surface area contributed by atoms with Gasteiger partial charge in [-0.05, 0) is 12.8 Å². The molecule has 76 valence electrons. The van der Waals surface area contributed by atoms with Gasteiger partial charge in [0, 0.05) is 13.1 Å². The second-order valence-electron chi connectivity index (χ2n) is 3.31. The second-order valence-corrected chi connectivity index (χ2v) is 3.31. The molecule has 0 atom stereocenters. The average Bonchev–Trinajstić information content (AvgIpc) is 2.69. The first kappa shape index (κ1) is 9.14. The maximum Gasteiger partial charge on any atom is 0.230 e. The van der Waals surface area contributed by atoms with Crippen molar-refractivity contribution in [2.75, 3.05) is 23.7 Å². The van der Waals surface area contributed by atoms with Gasteiger partial charge in [-0.3, -0.25) is 0 Å². The predicted octanol–water partition coefficient (Wildman–Crippen LogP) is -0.487. The molecule has 1 saturated heterocycles. The fourth-order valence-electron chi connectivity index (χ4n) is 1.57. The van der Waals surface area contributed by atoms with Gasteiger partial charge in [-0.2, -0.15) is 15.0 Å². The fourth-order valence-corrected chi connectivity index (χ4v) is 1.57. The van der Waals surface area contributed by atoms with Gasteiger partial charge < -0.3 is 16.4 Å². The van der Waals surface area contributed by atoms with Crippen LogP contribution >= 0.6 is 0 Å². The van der Waals surface area contributed by atoms with E-state index in [4.69, 9.17) is 11.5 Å². The quantitative estimate of drug-likeness (QED) is 0.660. The van der Waals surface area contributed by atoms with E-state index >= 15 is 0 Å². The van der Waals surface area contributed by atoms with Gasteiger partial charge in [-0.15, -0.1) is 0 Å². The van der Waals surface area contributed by atoms with Crippen LogP contribution in [0.2, 0.25) is 0 Å². The van der Waals surface area contributed by atoms with Crippen molar-refractivity contribution in [1.29, 1.82) is 0 Å². The minimum atomic E-state index is 0.252. The molecule has 0 saturated carbocycles. The Hall–Kier alpha value is -1.43. The van der Waals surface area contributed by atoms with Crippen molar-refractivity contribution in [2.24, 2.45) is 5.73 Å². The van der Waals surface area contributed by atoms with Crippen LogP contribution in [0.4, 0.5) is 11.9 Å². The maximum atomic E-state index is 5.56. The molecule has 1 aromatic heterocycles. The normalized spacial score (nSPS) is 16.2. The number of hydrogen-bond acceptors (Lipinski definition) is 6. The van der Waals surface area contributed by atoms with Crippen LogP contribution in [-0.2, 0) is 6.54 Å². The molecule has 0 aromatic carbocycles. The van der Waals surface area contributed by atoms with E-state index in [1.807, 2.05) is 0 Å². The highest BCUT2D eigenvalue weighted by molar-refractivity contribution is 5.35. The summed E-state index contributed by atoms with van der Waals surface area (Å²) in [7, 11) is 0. The number of nitrogen functional groups attached to an aromatic ring is 1. The number of anilines is 2. The van der Waals surface area contributed by atoms with Crippen LogP contribution in [0, 0.1) is 0 Å². The zero-order valence-corrected chi connectivity index (χ0v) is 7.98. The van der Waals surface area contributed by atoms with Crippen molar-refractivity contribution in [2.45, 2.75) is 19.4 Å². The molecule has 2 rings (SSSR count). The first-order chi connectivity index (χ1) is 6.79. The summed E-state index contributed by atoms with van der Waals surface area (Å²) in [6.45, 7) is 2.29. The molecule has 14 heavy (non-hydrogen) atoms. The van der Waals surface area contributed by atoms with Gasteiger partial charge in [-0.1, -0.05) is 0 Å². The summed E-state index contributed by atoms with van der Waals surface area (Å²) in [6.07, 6.45) is 2.37. The highest BCUT2D eigenvalue weighted by Gasteiger charge is 2.16. The highest BCUT2D eigenvalue weighted by Crippen LogP contribution is 2.15. The fraction of sp³-hybridized carbons (Fsp3) is 0.625. The number of rotatable bonds is 2. The summed E-state index contributed by atoms with van der Waals surface area (Å²) in [5.74, 6) is 1.47. The third kappa shape index (κ3) is 1.74. The van der Waals surface area contributed by atoms with Crippen molar-refractivity contribution >= 4 is 11.9 Å². The molecule has 0 radical (unpaired) electrons. The van der Waals surface area contributed by atoms with Gasteiger partial charge >= 0.3 is 0 Å². The minimum absolute atomic E-state index is 0.252. The van der Waals surface area contributed by atoms with Crippen molar-refractivity contribution in [3.05, 3.63) is 5.82 Å². The molecule has 6 nitrogen and oxygen atoms in total. The Labute approximate surface area is 82.3 Å². The van der Waals surface area contributed by atoms with Gasteiger partial charge in [0.2, 0.25) is 11.9 Å². The lowest BCUT2D eigenvalue weighted by atomic mass is 10.4. The molecular formula is C8H14N6. The first-order valence-electron chi connectivity index (χ1n) is 4.75. The van der Waals surface area contributed by atoms with Crippen LogP contribution in [-0.4, -0.2) is 28.0 Å². The van der Waals surface area contributed by atoms with Gasteiger partial charge in [-0.25, -0.2) is 0 Å². The Bertz CT molecular complexity index is 320. The van der Waals surface area contributed by atoms with E-state index in [1.54, 1.807) is 0 Å². The Balaban J connectivity index is 2.27. The van der Waals surface area contributed by atoms with Crippen LogP contribution in [0.15, 0.2) is 0 Å². The first-order valence-corrected chi connectivity index (χ1v) is 4.75. The lowest BCUT2D eigenvalue weighted by Crippen LogP contribution is -2.22. The summed E-state index contributed by atoms with van der Waals surface area (Å²) in [6, 6.07) is 0. The summed E-state index contributed by atoms with van der Waals surface area (Å²) in [5, 5.41) is 0. The third-order valence-corrected chi connectivity index (χ3v) is 2.26. The molecule has 6 heteroatoms. The van der Waals surface area contributed by atoms with Gasteiger partial charge in [0.25, 0.3) is 0 Å². The highest BCUT2D eigenvalue weighted by atomic mass is 15.3. The molecule has 0 aliphatic carbocycles. The summed E-state index contributed by atoms with van der Waals surface area (Å²) < 4.78 is 0. The molecule has 1 fully saturated rings. The molecule has 1 aliphatic rings. The largest absolute Gasteiger partial charge is 0.368 e. The van der Waals surface area contributed by atoms with E-state index in [0.29, 0.717) is 18.3 Å². The van der Waals surface area contributed by atoms with Crippen LogP contribution in [0.3, 0.4) is 0 Å². The van der Waals surface area contributed by atoms with E-state index in [2.05, 4.69) is 19.9 Å². The Kier molecular flexibility index (Phi) is 2.45. The molecular weight excluding hydrogens is 180 g/mol. The lowest BCUT2D eigenvalue weighted by molar-refractivity contribution is 0.829. The molecule has 1 aliphatic heterocycles. The summed E-state index contributed by atoms with van der Waals surface area (Å²) in [4.78, 5) is 14.4. The Morgan fingerprint density at radius 2 is 1.86 bits per heavy atom. The number of hydrogen-bond donors (Lipinski definition) is 2. The van der Waals surface area contributed by atoms with E-state index in [-0.39, 0.29) is 5.95 Å². The molecule has 2 heterocycles. The van der Waals surface area contributed by atoms with Crippen molar-refractivity contribution in [3.8, 4) is 0 Å². The van der Waals surface area contributed by atoms with E-state index in [0.717, 1.165) is 13.1 Å². The number of nitrogens with two attached hydrogens (primary N) is 2. The minimum Gasteiger partial charge on any atom is -0.368 e. The SMILES string of the molecule is NCc1nc(N)nc(N2CCCC2)n1. The predicted molar refractivity (Wildman–Crippen MR) is 53.6 cm³/mol. The number of nitrogens with zero attached hydrogens (tertiary/aromatic N) is 4. The van der Waals surface area contributed by atoms with Crippen molar-refractivity contribution in [3.63, 3.8) is 0 Å². The molecule has 0 spiro atoms. The van der Waals surface area contributed by atoms with Gasteiger partial charge in [0.1, 0.15) is 5.82 Å². The monoisotopic (exact) mass is 194 g/mol. The molecule has 1 aromatic rings. The topological polar surface area (TPSA) is 93.9 Å². The third-order valence-electron chi connectivity index (χ3n) is 2.26. The van der Waals surface area contributed by atoms with Crippen LogP contribution in [0.25, 0.3) is 0 Å². The molecule has 0 bridgehead atoms. The van der Waals surface area contributed by atoms with E-state index in [9.17, 15) is 0 Å². The second kappa shape index (κ2) is 3.75. The van der Waals surface area contributed by atoms with Crippen molar-refractivity contribution < 1.29 is 0 Å². The zero-order chi connectivity index (χ0) is 9.97.